The fraction of sp³-hybridized carbons (Fsp3) is 0.571. The molecule has 3 amide bonds. The summed E-state index contributed by atoms with van der Waals surface area (Å²) in [5, 5.41) is 7.05. The topological polar surface area (TPSA) is 188 Å². The van der Waals surface area contributed by atoms with Gasteiger partial charge in [-0.25, -0.2) is 17.8 Å². The number of hydrogen-bond donors (Lipinski definition) is 2. The number of aromatic nitrogens is 3. The van der Waals surface area contributed by atoms with Crippen molar-refractivity contribution < 1.29 is 46.2 Å². The van der Waals surface area contributed by atoms with Crippen LogP contribution in [0.15, 0.2) is 42.6 Å². The third-order valence-corrected chi connectivity index (χ3v) is 13.5. The number of nitrogens with zero attached hydrogens (tertiary/aromatic N) is 4. The van der Waals surface area contributed by atoms with Crippen molar-refractivity contribution in [1.82, 2.24) is 29.7 Å². The highest BCUT2D eigenvalue weighted by Gasteiger charge is 2.61. The van der Waals surface area contributed by atoms with E-state index < -0.39 is 69.1 Å². The normalized spacial score (nSPS) is 25.7. The summed E-state index contributed by atoms with van der Waals surface area (Å²) >= 11 is 0. The number of halogens is 1. The van der Waals surface area contributed by atoms with Gasteiger partial charge in [-0.05, 0) is 83.4 Å². The number of aryl methyl sites for hydroxylation is 2. The van der Waals surface area contributed by atoms with Gasteiger partial charge in [0.1, 0.15) is 36.0 Å². The Morgan fingerprint density at radius 3 is 2.61 bits per heavy atom. The lowest BCUT2D eigenvalue weighted by Gasteiger charge is -2.29. The summed E-state index contributed by atoms with van der Waals surface area (Å²) in [5.74, 6) is -1.21. The van der Waals surface area contributed by atoms with Crippen LogP contribution in [0.3, 0.4) is 0 Å². The highest BCUT2D eigenvalue weighted by atomic mass is 32.2. The summed E-state index contributed by atoms with van der Waals surface area (Å²) in [5.41, 5.74) is 0.0848. The van der Waals surface area contributed by atoms with E-state index in [-0.39, 0.29) is 50.1 Å². The monoisotopic (exact) mass is 836 g/mol. The Bertz CT molecular complexity index is 2240. The van der Waals surface area contributed by atoms with Crippen LogP contribution in [-0.2, 0) is 31.0 Å². The van der Waals surface area contributed by atoms with Crippen LogP contribution in [0.5, 0.6) is 17.4 Å². The first-order chi connectivity index (χ1) is 28.2. The predicted molar refractivity (Wildman–Crippen MR) is 215 cm³/mol. The lowest BCUT2D eigenvalue weighted by Crippen LogP contribution is -2.52. The van der Waals surface area contributed by atoms with E-state index >= 15 is 0 Å². The molecule has 17 heteroatoms. The highest BCUT2D eigenvalue weighted by molar-refractivity contribution is 7.90. The summed E-state index contributed by atoms with van der Waals surface area (Å²) < 4.78 is 60.7. The number of alkyl halides is 1. The van der Waals surface area contributed by atoms with Crippen LogP contribution in [0.2, 0.25) is 0 Å². The number of Topliss-reactive ketones (excluding diaryl/α,β-unsaturated/α-hetero) is 1. The first-order valence-electron chi connectivity index (χ1n) is 20.5. The fourth-order valence-electron chi connectivity index (χ4n) is 8.27. The molecule has 318 valence electrons. The van der Waals surface area contributed by atoms with Crippen LogP contribution in [-0.4, -0.2) is 101 Å². The minimum Gasteiger partial charge on any atom is -0.496 e. The molecule has 2 aromatic heterocycles. The number of nitrogens with one attached hydrogen (secondary N) is 2. The van der Waals surface area contributed by atoms with Crippen LogP contribution in [0, 0.1) is 18.3 Å². The molecule has 5 atom stereocenters. The van der Waals surface area contributed by atoms with Gasteiger partial charge in [0.25, 0.3) is 5.91 Å². The van der Waals surface area contributed by atoms with E-state index in [1.807, 2.05) is 45.1 Å². The average molecular weight is 837 g/mol. The van der Waals surface area contributed by atoms with Gasteiger partial charge in [-0.1, -0.05) is 25.0 Å². The van der Waals surface area contributed by atoms with Crippen LogP contribution in [0.1, 0.15) is 94.1 Å². The van der Waals surface area contributed by atoms with Crippen molar-refractivity contribution in [2.24, 2.45) is 11.3 Å². The van der Waals surface area contributed by atoms with E-state index in [9.17, 15) is 32.0 Å². The SMILES string of the molecule is COc1ccc2c(O[C@@H]3C[C@H]4C(=O)C[C@]5(C(=O)NS(=O)(=O)C6CC6)C[C@@H]5/C=C\CCCCC[C@H](NC(=O)c5ccn(CCF)n5)C(=O)N4C3)cc(OC(C)C)nc2c1C. The number of methoxy groups -OCH3 is 1. The Morgan fingerprint density at radius 1 is 1.08 bits per heavy atom. The van der Waals surface area contributed by atoms with E-state index in [2.05, 4.69) is 15.1 Å². The number of ether oxygens (including phenoxy) is 3. The predicted octanol–water partition coefficient (Wildman–Crippen LogP) is 4.75. The van der Waals surface area contributed by atoms with Gasteiger partial charge in [-0.15, -0.1) is 0 Å². The van der Waals surface area contributed by atoms with Gasteiger partial charge in [-0.3, -0.25) is 28.6 Å². The number of benzene rings is 1. The van der Waals surface area contributed by atoms with Gasteiger partial charge in [0.2, 0.25) is 27.7 Å². The van der Waals surface area contributed by atoms with Crippen LogP contribution in [0.25, 0.3) is 10.9 Å². The van der Waals surface area contributed by atoms with Crippen LogP contribution < -0.4 is 24.2 Å². The van der Waals surface area contributed by atoms with Crippen molar-refractivity contribution in [3.05, 3.63) is 53.9 Å². The maximum absolute atomic E-state index is 14.8. The Kier molecular flexibility index (Phi) is 12.3. The van der Waals surface area contributed by atoms with Crippen molar-refractivity contribution >= 4 is 44.4 Å². The molecule has 3 fully saturated rings. The molecule has 0 spiro atoms. The lowest BCUT2D eigenvalue weighted by molar-refractivity contribution is -0.140. The van der Waals surface area contributed by atoms with Crippen molar-refractivity contribution in [3.8, 4) is 17.4 Å². The summed E-state index contributed by atoms with van der Waals surface area (Å²) in [6.07, 6.45) is 8.54. The molecule has 2 N–H and O–H groups in total. The number of fused-ring (bicyclic) bond motifs is 3. The van der Waals surface area contributed by atoms with Gasteiger partial charge in [-0.2, -0.15) is 5.10 Å². The standard InChI is InChI=1S/C42H53FN6O9S/c1-25(2)57-37-21-36(30-14-15-35(56-4)26(3)38(30)45-37)58-28-20-33-34(50)23-42(41(53)47-59(54,55)29-12-13-29)22-27(42)10-8-6-5-7-9-11-32(40(52)49(33)24-28)44-39(51)31-16-18-48(46-31)19-17-43/h8,10,14-16,18,21,25,27-29,32-33H,5-7,9,11-13,17,19-20,22-24H2,1-4H3,(H,44,51)(H,47,53)/b10-8-/t27-,28+,32-,33-,42+/m0/s1. The molecule has 3 aromatic rings. The first kappa shape index (κ1) is 42.1. The number of rotatable bonds is 12. The zero-order chi connectivity index (χ0) is 42.1. The van der Waals surface area contributed by atoms with E-state index in [1.165, 1.54) is 21.8 Å². The number of ketones is 1. The number of sulfonamides is 1. The molecular formula is C42H53FN6O9S. The minimum atomic E-state index is -3.89. The quantitative estimate of drug-likeness (QED) is 0.240. The Hall–Kier alpha value is -5.06. The molecule has 15 nitrogen and oxygen atoms in total. The summed E-state index contributed by atoms with van der Waals surface area (Å²) in [7, 11) is -2.32. The van der Waals surface area contributed by atoms with Crippen LogP contribution in [0.4, 0.5) is 4.39 Å². The number of amides is 3. The van der Waals surface area contributed by atoms with E-state index in [0.29, 0.717) is 60.4 Å². The third kappa shape index (κ3) is 9.24. The van der Waals surface area contributed by atoms with Crippen molar-refractivity contribution in [1.29, 1.82) is 0 Å². The summed E-state index contributed by atoms with van der Waals surface area (Å²) in [6.45, 7) is 4.92. The number of hydrogen-bond acceptors (Lipinski definition) is 11. The van der Waals surface area contributed by atoms with Gasteiger partial charge in [0.15, 0.2) is 5.78 Å². The van der Waals surface area contributed by atoms with Crippen molar-refractivity contribution in [2.75, 3.05) is 20.3 Å². The fourth-order valence-corrected chi connectivity index (χ4v) is 9.66. The van der Waals surface area contributed by atoms with E-state index in [4.69, 9.17) is 19.2 Å². The number of carbonyl (C=O) groups is 4. The Morgan fingerprint density at radius 2 is 1.88 bits per heavy atom. The molecule has 0 radical (unpaired) electrons. The smallest absolute Gasteiger partial charge is 0.272 e. The molecule has 2 aliphatic carbocycles. The minimum absolute atomic E-state index is 0.0207. The molecule has 2 aliphatic heterocycles. The molecular weight excluding hydrogens is 784 g/mol. The summed E-state index contributed by atoms with van der Waals surface area (Å²) in [6, 6.07) is 4.67. The van der Waals surface area contributed by atoms with Gasteiger partial charge in [0, 0.05) is 36.1 Å². The molecule has 59 heavy (non-hydrogen) atoms. The molecule has 0 bridgehead atoms. The molecule has 2 saturated carbocycles. The average Bonchev–Trinajstić information content (AvgIpc) is 4.07. The second kappa shape index (κ2) is 17.3. The second-order valence-electron chi connectivity index (χ2n) is 16.4. The number of allylic oxidation sites excluding steroid dienone is 2. The second-order valence-corrected chi connectivity index (χ2v) is 18.4. The largest absolute Gasteiger partial charge is 0.496 e. The lowest BCUT2D eigenvalue weighted by atomic mass is 9.91. The number of carbonyl (C=O) groups excluding carboxylic acids is 4. The Balaban J connectivity index is 1.22. The Labute approximate surface area is 343 Å². The maximum atomic E-state index is 14.8. The maximum Gasteiger partial charge on any atom is 0.272 e. The van der Waals surface area contributed by atoms with Crippen LogP contribution >= 0.6 is 0 Å². The van der Waals surface area contributed by atoms with Crippen molar-refractivity contribution in [2.45, 2.75) is 121 Å². The van der Waals surface area contributed by atoms with Gasteiger partial charge >= 0.3 is 0 Å². The first-order valence-corrected chi connectivity index (χ1v) is 22.1. The molecule has 7 rings (SSSR count). The van der Waals surface area contributed by atoms with Gasteiger partial charge < -0.3 is 24.4 Å². The summed E-state index contributed by atoms with van der Waals surface area (Å²) in [4.78, 5) is 63.0. The number of pyridine rings is 1. The van der Waals surface area contributed by atoms with E-state index in [1.54, 1.807) is 13.2 Å². The molecule has 1 aromatic carbocycles. The van der Waals surface area contributed by atoms with E-state index in [0.717, 1.165) is 18.4 Å². The highest BCUT2D eigenvalue weighted by Crippen LogP contribution is 2.57. The molecule has 4 heterocycles. The van der Waals surface area contributed by atoms with Crippen molar-refractivity contribution in [3.63, 3.8) is 0 Å². The zero-order valence-corrected chi connectivity index (χ0v) is 34.8. The molecule has 1 saturated heterocycles. The van der Waals surface area contributed by atoms with Gasteiger partial charge in [0.05, 0.1) is 48.5 Å². The third-order valence-electron chi connectivity index (χ3n) is 11.7. The molecule has 4 aliphatic rings. The zero-order valence-electron chi connectivity index (χ0n) is 33.9. The molecule has 0 unspecified atom stereocenters.